The highest BCUT2D eigenvalue weighted by Gasteiger charge is 2.35. The molecule has 0 aromatic heterocycles. The van der Waals surface area contributed by atoms with Crippen LogP contribution in [0.5, 0.6) is 5.75 Å². The van der Waals surface area contributed by atoms with Crippen LogP contribution in [-0.4, -0.2) is 30.3 Å². The Morgan fingerprint density at radius 3 is 2.88 bits per heavy atom. The lowest BCUT2D eigenvalue weighted by molar-refractivity contribution is -0.146. The number of likely N-dealkylation sites (N-methyl/N-ethyl adjacent to an activating group) is 1. The molecular formula is C12H12N2O3. The van der Waals surface area contributed by atoms with Crippen molar-refractivity contribution in [3.05, 3.63) is 23.8 Å². The van der Waals surface area contributed by atoms with Crippen LogP contribution in [0.2, 0.25) is 0 Å². The predicted molar refractivity (Wildman–Crippen MR) is 61.1 cm³/mol. The molecule has 0 saturated carbocycles. The van der Waals surface area contributed by atoms with Gasteiger partial charge in [0.25, 0.3) is 0 Å². The zero-order valence-electron chi connectivity index (χ0n) is 9.54. The summed E-state index contributed by atoms with van der Waals surface area (Å²) in [5.74, 6) is -0.561. The number of nitriles is 1. The molecule has 0 spiro atoms. The maximum atomic E-state index is 11.1. The molecule has 0 radical (unpaired) electrons. The van der Waals surface area contributed by atoms with Gasteiger partial charge in [-0.15, -0.1) is 0 Å². The molecule has 0 aliphatic carbocycles. The molecule has 88 valence electrons. The van der Waals surface area contributed by atoms with Crippen molar-refractivity contribution in [2.45, 2.75) is 19.1 Å². The first-order chi connectivity index (χ1) is 8.04. The minimum absolute atomic E-state index is 0.257. The molecule has 1 heterocycles. The second-order valence-corrected chi connectivity index (χ2v) is 4.02. The van der Waals surface area contributed by atoms with Gasteiger partial charge in [0.05, 0.1) is 23.4 Å². The van der Waals surface area contributed by atoms with Gasteiger partial charge in [-0.2, -0.15) is 5.26 Å². The Balaban J connectivity index is 2.46. The number of benzene rings is 1. The number of carbonyl (C=O) groups is 1. The molecule has 2 atom stereocenters. The van der Waals surface area contributed by atoms with Crippen LogP contribution in [0.3, 0.4) is 0 Å². The molecule has 2 rings (SSSR count). The van der Waals surface area contributed by atoms with E-state index in [9.17, 15) is 4.79 Å². The van der Waals surface area contributed by atoms with Gasteiger partial charge in [-0.25, -0.2) is 4.79 Å². The van der Waals surface area contributed by atoms with Gasteiger partial charge in [-0.05, 0) is 19.1 Å². The van der Waals surface area contributed by atoms with Crippen molar-refractivity contribution in [1.82, 2.24) is 0 Å². The second kappa shape index (κ2) is 3.98. The third-order valence-corrected chi connectivity index (χ3v) is 3.02. The van der Waals surface area contributed by atoms with Crippen molar-refractivity contribution in [3.8, 4) is 11.8 Å². The number of anilines is 1. The van der Waals surface area contributed by atoms with Crippen molar-refractivity contribution in [2.24, 2.45) is 0 Å². The van der Waals surface area contributed by atoms with Gasteiger partial charge in [0, 0.05) is 13.1 Å². The smallest absolute Gasteiger partial charge is 0.347 e. The monoisotopic (exact) mass is 232 g/mol. The molecule has 2 unspecified atom stereocenters. The summed E-state index contributed by atoms with van der Waals surface area (Å²) >= 11 is 0. The fourth-order valence-electron chi connectivity index (χ4n) is 1.88. The van der Waals surface area contributed by atoms with E-state index in [4.69, 9.17) is 15.1 Å². The van der Waals surface area contributed by atoms with E-state index in [0.717, 1.165) is 5.69 Å². The Bertz CT molecular complexity index is 507. The number of ether oxygens (including phenoxy) is 1. The maximum absolute atomic E-state index is 11.1. The summed E-state index contributed by atoms with van der Waals surface area (Å²) in [6, 6.07) is 6.76. The third-order valence-electron chi connectivity index (χ3n) is 3.02. The minimum Gasteiger partial charge on any atom is -0.478 e. The molecule has 5 nitrogen and oxygen atoms in total. The molecule has 0 bridgehead atoms. The van der Waals surface area contributed by atoms with Crippen molar-refractivity contribution in [2.75, 3.05) is 11.9 Å². The molecule has 0 fully saturated rings. The average molecular weight is 232 g/mol. The number of fused-ring (bicyclic) bond motifs is 1. The predicted octanol–water partition coefficient (Wildman–Crippen LogP) is 1.23. The standard InChI is InChI=1S/C12H12N2O3/c1-7-11(12(15)16)17-10-5-8(6-13)3-4-9(10)14(7)2/h3-5,7,11H,1-2H3,(H,15,16). The summed E-state index contributed by atoms with van der Waals surface area (Å²) in [6.45, 7) is 1.79. The SMILES string of the molecule is CC1C(C(=O)O)Oc2cc(C#N)ccc2N1C. The lowest BCUT2D eigenvalue weighted by atomic mass is 10.1. The topological polar surface area (TPSA) is 73.6 Å². The molecule has 0 amide bonds. The summed E-state index contributed by atoms with van der Waals surface area (Å²) in [5, 5.41) is 17.9. The van der Waals surface area contributed by atoms with Gasteiger partial charge in [0.2, 0.25) is 6.10 Å². The Hall–Kier alpha value is -2.22. The first-order valence-corrected chi connectivity index (χ1v) is 5.21. The van der Waals surface area contributed by atoms with Gasteiger partial charge < -0.3 is 14.7 Å². The van der Waals surface area contributed by atoms with Crippen LogP contribution >= 0.6 is 0 Å². The number of nitrogens with zero attached hydrogens (tertiary/aromatic N) is 2. The van der Waals surface area contributed by atoms with Crippen molar-refractivity contribution < 1.29 is 14.6 Å². The highest BCUT2D eigenvalue weighted by molar-refractivity contribution is 5.77. The van der Waals surface area contributed by atoms with Crippen molar-refractivity contribution in [3.63, 3.8) is 0 Å². The van der Waals surface area contributed by atoms with E-state index in [-0.39, 0.29) is 6.04 Å². The molecular weight excluding hydrogens is 220 g/mol. The molecule has 17 heavy (non-hydrogen) atoms. The van der Waals surface area contributed by atoms with Gasteiger partial charge in [-0.3, -0.25) is 0 Å². The fourth-order valence-corrected chi connectivity index (χ4v) is 1.88. The van der Waals surface area contributed by atoms with E-state index in [2.05, 4.69) is 0 Å². The zero-order valence-corrected chi connectivity index (χ0v) is 9.54. The van der Waals surface area contributed by atoms with Crippen molar-refractivity contribution >= 4 is 11.7 Å². The molecule has 1 aliphatic rings. The molecule has 5 heteroatoms. The van der Waals surface area contributed by atoms with E-state index in [1.165, 1.54) is 0 Å². The van der Waals surface area contributed by atoms with E-state index >= 15 is 0 Å². The van der Waals surface area contributed by atoms with Crippen LogP contribution in [0.15, 0.2) is 18.2 Å². The Labute approximate surface area is 98.8 Å². The van der Waals surface area contributed by atoms with Crippen LogP contribution in [-0.2, 0) is 4.79 Å². The van der Waals surface area contributed by atoms with Crippen molar-refractivity contribution in [1.29, 1.82) is 5.26 Å². The molecule has 1 aromatic rings. The lowest BCUT2D eigenvalue weighted by Crippen LogP contribution is -2.50. The van der Waals surface area contributed by atoms with Gasteiger partial charge in [0.1, 0.15) is 5.75 Å². The normalized spacial score (nSPS) is 22.3. The van der Waals surface area contributed by atoms with Gasteiger partial charge >= 0.3 is 5.97 Å². The Kier molecular flexibility index (Phi) is 2.64. The van der Waals surface area contributed by atoms with Gasteiger partial charge in [-0.1, -0.05) is 0 Å². The van der Waals surface area contributed by atoms with Crippen LogP contribution in [0, 0.1) is 11.3 Å². The second-order valence-electron chi connectivity index (χ2n) is 4.02. The summed E-state index contributed by atoms with van der Waals surface area (Å²) in [5.41, 5.74) is 1.25. The van der Waals surface area contributed by atoms with E-state index in [1.807, 2.05) is 18.0 Å². The first-order valence-electron chi connectivity index (χ1n) is 5.21. The van der Waals surface area contributed by atoms with Crippen LogP contribution < -0.4 is 9.64 Å². The third kappa shape index (κ3) is 1.78. The number of carboxylic acid groups (broad SMARTS) is 1. The molecule has 1 aromatic carbocycles. The van der Waals surface area contributed by atoms with E-state index in [0.29, 0.717) is 11.3 Å². The van der Waals surface area contributed by atoms with Gasteiger partial charge in [0.15, 0.2) is 0 Å². The number of rotatable bonds is 1. The van der Waals surface area contributed by atoms with E-state index in [1.54, 1.807) is 25.1 Å². The van der Waals surface area contributed by atoms with Crippen LogP contribution in [0.1, 0.15) is 12.5 Å². The average Bonchev–Trinajstić information content (AvgIpc) is 2.32. The Morgan fingerprint density at radius 1 is 1.59 bits per heavy atom. The molecule has 0 saturated heterocycles. The number of hydrogen-bond acceptors (Lipinski definition) is 4. The number of carboxylic acids is 1. The summed E-state index contributed by atoms with van der Waals surface area (Å²) in [4.78, 5) is 12.9. The largest absolute Gasteiger partial charge is 0.478 e. The number of hydrogen-bond donors (Lipinski definition) is 1. The summed E-state index contributed by atoms with van der Waals surface area (Å²) < 4.78 is 5.43. The van der Waals surface area contributed by atoms with Crippen LogP contribution in [0.4, 0.5) is 5.69 Å². The highest BCUT2D eigenvalue weighted by Crippen LogP contribution is 2.35. The highest BCUT2D eigenvalue weighted by atomic mass is 16.5. The lowest BCUT2D eigenvalue weighted by Gasteiger charge is -2.37. The maximum Gasteiger partial charge on any atom is 0.347 e. The first kappa shape index (κ1) is 11.3. The quantitative estimate of drug-likeness (QED) is 0.788. The van der Waals surface area contributed by atoms with E-state index < -0.39 is 12.1 Å². The fraction of sp³-hybridized carbons (Fsp3) is 0.333. The number of aliphatic carboxylic acids is 1. The van der Waals surface area contributed by atoms with Crippen LogP contribution in [0.25, 0.3) is 0 Å². The Morgan fingerprint density at radius 2 is 2.29 bits per heavy atom. The molecule has 1 aliphatic heterocycles. The molecule has 1 N–H and O–H groups in total. The summed E-state index contributed by atoms with van der Waals surface area (Å²) in [6.07, 6.45) is -0.915. The zero-order chi connectivity index (χ0) is 12.6. The minimum atomic E-state index is -1.00. The summed E-state index contributed by atoms with van der Waals surface area (Å²) in [7, 11) is 1.81.